The molecule has 8 nitrogen and oxygen atoms in total. The second kappa shape index (κ2) is 29.9. The number of allylic oxidation sites excluding steroid dienone is 14. The van der Waals surface area contributed by atoms with Crippen LogP contribution in [0.3, 0.4) is 0 Å². The molecule has 0 amide bonds. The van der Waals surface area contributed by atoms with Gasteiger partial charge in [-0.2, -0.15) is 0 Å². The van der Waals surface area contributed by atoms with E-state index in [1.54, 1.807) is 0 Å². The fourth-order valence-electron chi connectivity index (χ4n) is 4.20. The molecule has 0 aliphatic heterocycles. The predicted molar refractivity (Wildman–Crippen MR) is 192 cm³/mol. The first-order valence-electron chi connectivity index (χ1n) is 17.1. The van der Waals surface area contributed by atoms with Gasteiger partial charge in [-0.1, -0.05) is 98.9 Å². The number of nitrogens with zero attached hydrogens (tertiary/aromatic N) is 1. The maximum atomic E-state index is 12.5. The van der Waals surface area contributed by atoms with E-state index in [1.807, 2.05) is 45.4 Å². The Bertz CT molecular complexity index is 1040. The normalized spacial score (nSPS) is 14.1. The Morgan fingerprint density at radius 2 is 1.04 bits per heavy atom. The quantitative estimate of drug-likeness (QED) is 0.0392. The number of aliphatic carboxylic acids is 1. The summed E-state index contributed by atoms with van der Waals surface area (Å²) in [5.41, 5.74) is 0. The summed E-state index contributed by atoms with van der Waals surface area (Å²) in [6, 6.07) is -0.636. The number of carboxylic acid groups (broad SMARTS) is 1. The highest BCUT2D eigenvalue weighted by Gasteiger charge is 2.31. The predicted octanol–water partition coefficient (Wildman–Crippen LogP) is 8.23. The highest BCUT2D eigenvalue weighted by atomic mass is 16.6. The molecule has 2 unspecified atom stereocenters. The first-order chi connectivity index (χ1) is 22.6. The molecule has 0 saturated carbocycles. The van der Waals surface area contributed by atoms with Gasteiger partial charge in [0, 0.05) is 19.3 Å². The van der Waals surface area contributed by atoms with Crippen LogP contribution >= 0.6 is 0 Å². The maximum absolute atomic E-state index is 12.5. The van der Waals surface area contributed by atoms with Gasteiger partial charge in [-0.15, -0.1) is 0 Å². The van der Waals surface area contributed by atoms with Crippen LogP contribution in [0.5, 0.6) is 0 Å². The van der Waals surface area contributed by atoms with E-state index in [4.69, 9.17) is 14.2 Å². The molecule has 47 heavy (non-hydrogen) atoms. The van der Waals surface area contributed by atoms with Crippen LogP contribution in [-0.2, 0) is 28.6 Å². The number of likely N-dealkylation sites (N-methyl/N-ethyl adjacent to an activating group) is 1. The zero-order valence-corrected chi connectivity index (χ0v) is 29.7. The maximum Gasteiger partial charge on any atom is 0.362 e. The summed E-state index contributed by atoms with van der Waals surface area (Å²) in [6.45, 7) is 4.27. The third-order valence-corrected chi connectivity index (χ3v) is 6.82. The van der Waals surface area contributed by atoms with Crippen molar-refractivity contribution in [2.75, 3.05) is 41.0 Å². The summed E-state index contributed by atoms with van der Waals surface area (Å²) in [5, 5.41) is 9.54. The van der Waals surface area contributed by atoms with E-state index in [-0.39, 0.29) is 43.1 Å². The van der Waals surface area contributed by atoms with Gasteiger partial charge in [0.25, 0.3) is 0 Å². The first kappa shape index (κ1) is 43.5. The van der Waals surface area contributed by atoms with E-state index < -0.39 is 24.1 Å². The minimum Gasteiger partial charge on any atom is -0.477 e. The third kappa shape index (κ3) is 28.5. The van der Waals surface area contributed by atoms with Crippen LogP contribution in [0.15, 0.2) is 85.1 Å². The van der Waals surface area contributed by atoms with Crippen LogP contribution in [-0.4, -0.2) is 80.6 Å². The number of ether oxygens (including phenoxy) is 3. The Morgan fingerprint density at radius 1 is 0.617 bits per heavy atom. The Labute approximate surface area is 284 Å². The van der Waals surface area contributed by atoms with Crippen molar-refractivity contribution in [2.45, 2.75) is 103 Å². The average Bonchev–Trinajstić information content (AvgIpc) is 3.01. The van der Waals surface area contributed by atoms with Crippen molar-refractivity contribution in [3.63, 3.8) is 0 Å². The number of hydrogen-bond donors (Lipinski definition) is 1. The van der Waals surface area contributed by atoms with Crippen molar-refractivity contribution < 1.29 is 38.2 Å². The van der Waals surface area contributed by atoms with Gasteiger partial charge >= 0.3 is 17.9 Å². The zero-order chi connectivity index (χ0) is 35.0. The van der Waals surface area contributed by atoms with Gasteiger partial charge in [0.1, 0.15) is 6.61 Å². The molecular formula is C39H62NO7+. The Morgan fingerprint density at radius 3 is 1.47 bits per heavy atom. The molecule has 0 bridgehead atoms. The first-order valence-corrected chi connectivity index (χ1v) is 17.1. The van der Waals surface area contributed by atoms with Crippen LogP contribution < -0.4 is 0 Å². The van der Waals surface area contributed by atoms with E-state index in [0.717, 1.165) is 44.9 Å². The van der Waals surface area contributed by atoms with E-state index in [1.165, 1.54) is 0 Å². The summed E-state index contributed by atoms with van der Waals surface area (Å²) in [5.74, 6) is -1.69. The number of quaternary nitrogens is 1. The Kier molecular flexibility index (Phi) is 27.7. The minimum atomic E-state index is -0.900. The lowest BCUT2D eigenvalue weighted by Crippen LogP contribution is -2.50. The number of carboxylic acids is 1. The topological polar surface area (TPSA) is 99.1 Å². The monoisotopic (exact) mass is 656 g/mol. The van der Waals surface area contributed by atoms with Crippen LogP contribution in [0.4, 0.5) is 0 Å². The smallest absolute Gasteiger partial charge is 0.362 e. The number of hydrogen-bond acceptors (Lipinski definition) is 6. The fourth-order valence-corrected chi connectivity index (χ4v) is 4.20. The largest absolute Gasteiger partial charge is 0.477 e. The van der Waals surface area contributed by atoms with Gasteiger partial charge in [0.05, 0.1) is 34.4 Å². The minimum absolute atomic E-state index is 0.00778. The molecule has 0 aromatic carbocycles. The highest BCUT2D eigenvalue weighted by Crippen LogP contribution is 2.10. The summed E-state index contributed by atoms with van der Waals surface area (Å²) in [6.07, 6.45) is 36.9. The summed E-state index contributed by atoms with van der Waals surface area (Å²) in [7, 11) is 5.45. The van der Waals surface area contributed by atoms with E-state index in [0.29, 0.717) is 19.3 Å². The molecular weight excluding hydrogens is 594 g/mol. The molecule has 0 spiro atoms. The van der Waals surface area contributed by atoms with Gasteiger partial charge in [-0.3, -0.25) is 9.59 Å². The fraction of sp³-hybridized carbons (Fsp3) is 0.564. The van der Waals surface area contributed by atoms with Crippen LogP contribution in [0.1, 0.15) is 90.9 Å². The molecule has 0 rings (SSSR count). The van der Waals surface area contributed by atoms with Crippen molar-refractivity contribution in [1.82, 2.24) is 0 Å². The molecule has 0 radical (unpaired) electrons. The van der Waals surface area contributed by atoms with E-state index in [9.17, 15) is 19.5 Å². The van der Waals surface area contributed by atoms with Gasteiger partial charge in [0.15, 0.2) is 12.1 Å². The second-order valence-corrected chi connectivity index (χ2v) is 12.0. The standard InChI is InChI=1S/C39H61NO7/c1-6-8-10-12-14-15-16-17-18-19-20-21-22-24-26-28-30-38(42)47-35(33-45-32-31-36(39(43)44)40(3,4)5)34-46-37(41)29-27-25-23-13-11-9-7-2/h8-11,14-15,17-18,20-21,23-26,35-36H,6-7,12-13,16,19,22,27-34H2,1-5H3/p+1/b10-8+,11-9+,15-14+,18-17+,21-20+,25-23+,26-24+. The van der Waals surface area contributed by atoms with Crippen molar-refractivity contribution in [3.8, 4) is 0 Å². The molecule has 264 valence electrons. The van der Waals surface area contributed by atoms with Crippen molar-refractivity contribution in [2.24, 2.45) is 0 Å². The molecule has 0 heterocycles. The number of rotatable bonds is 28. The Hall–Kier alpha value is -3.49. The van der Waals surface area contributed by atoms with Gasteiger partial charge in [-0.25, -0.2) is 4.79 Å². The molecule has 0 saturated heterocycles. The van der Waals surface area contributed by atoms with E-state index in [2.05, 4.69) is 74.6 Å². The van der Waals surface area contributed by atoms with Gasteiger partial charge < -0.3 is 23.8 Å². The molecule has 0 aromatic rings. The molecule has 2 atom stereocenters. The third-order valence-electron chi connectivity index (χ3n) is 6.82. The van der Waals surface area contributed by atoms with Gasteiger partial charge in [-0.05, 0) is 57.8 Å². The van der Waals surface area contributed by atoms with Crippen LogP contribution in [0, 0.1) is 0 Å². The number of esters is 2. The average molecular weight is 657 g/mol. The lowest BCUT2D eigenvalue weighted by atomic mass is 10.1. The van der Waals surface area contributed by atoms with Crippen LogP contribution in [0.2, 0.25) is 0 Å². The molecule has 0 aliphatic rings. The SMILES string of the molecule is CC/C=C/C/C=C/C/C=C/C/C=C/C/C=C/CCC(=O)OC(COCCC(C(=O)O)[N+](C)(C)C)COC(=O)CC/C=C/C/C=C/CC. The Balaban J connectivity index is 4.64. The summed E-state index contributed by atoms with van der Waals surface area (Å²) < 4.78 is 16.9. The molecule has 8 heteroatoms. The molecule has 0 aromatic heterocycles. The van der Waals surface area contributed by atoms with Crippen molar-refractivity contribution in [1.29, 1.82) is 0 Å². The van der Waals surface area contributed by atoms with Gasteiger partial charge in [0.2, 0.25) is 0 Å². The van der Waals surface area contributed by atoms with Crippen molar-refractivity contribution >= 4 is 17.9 Å². The number of carbonyl (C=O) groups excluding carboxylic acids is 2. The zero-order valence-electron chi connectivity index (χ0n) is 29.7. The lowest BCUT2D eigenvalue weighted by molar-refractivity contribution is -0.887. The lowest BCUT2D eigenvalue weighted by Gasteiger charge is -2.31. The van der Waals surface area contributed by atoms with E-state index >= 15 is 0 Å². The molecule has 1 N–H and O–H groups in total. The summed E-state index contributed by atoms with van der Waals surface area (Å²) in [4.78, 5) is 36.5. The second-order valence-electron chi connectivity index (χ2n) is 12.0. The van der Waals surface area contributed by atoms with Crippen molar-refractivity contribution in [3.05, 3.63) is 85.1 Å². The highest BCUT2D eigenvalue weighted by molar-refractivity contribution is 5.72. The number of carbonyl (C=O) groups is 3. The van der Waals surface area contributed by atoms with Crippen LogP contribution in [0.25, 0.3) is 0 Å². The summed E-state index contributed by atoms with van der Waals surface area (Å²) >= 11 is 0. The molecule has 0 fully saturated rings. The molecule has 0 aliphatic carbocycles.